The quantitative estimate of drug-likeness (QED) is 0.789. The fraction of sp³-hybridized carbons (Fsp3) is 0.615. The Morgan fingerprint density at radius 1 is 1.50 bits per heavy atom. The summed E-state index contributed by atoms with van der Waals surface area (Å²) in [5.74, 6) is 1.28. The van der Waals surface area contributed by atoms with Gasteiger partial charge in [0.1, 0.15) is 0 Å². The third kappa shape index (κ3) is 2.80. The van der Waals surface area contributed by atoms with Crippen LogP contribution in [-0.4, -0.2) is 40.0 Å². The molecule has 1 fully saturated rings. The number of carbonyl (C=O) groups is 1. The first-order valence-corrected chi connectivity index (χ1v) is 6.81. The molecule has 0 aliphatic carbocycles. The second-order valence-electron chi connectivity index (χ2n) is 4.87. The van der Waals surface area contributed by atoms with Gasteiger partial charge in [0, 0.05) is 19.0 Å². The molecular formula is C13H18ClN3O. The molecule has 0 spiro atoms. The van der Waals surface area contributed by atoms with Crippen molar-refractivity contribution in [3.63, 3.8) is 0 Å². The van der Waals surface area contributed by atoms with E-state index in [-0.39, 0.29) is 5.91 Å². The molecule has 0 bridgehead atoms. The van der Waals surface area contributed by atoms with E-state index in [0.717, 1.165) is 31.6 Å². The summed E-state index contributed by atoms with van der Waals surface area (Å²) < 4.78 is 0. The van der Waals surface area contributed by atoms with Crippen LogP contribution in [0.2, 0.25) is 0 Å². The first kappa shape index (κ1) is 13.3. The van der Waals surface area contributed by atoms with Gasteiger partial charge in [-0.25, -0.2) is 0 Å². The van der Waals surface area contributed by atoms with E-state index >= 15 is 0 Å². The molecule has 0 radical (unpaired) electrons. The largest absolute Gasteiger partial charge is 0.338 e. The summed E-state index contributed by atoms with van der Waals surface area (Å²) in [6, 6.07) is 1.82. The fourth-order valence-corrected chi connectivity index (χ4v) is 2.65. The minimum atomic E-state index is 0.0718. The van der Waals surface area contributed by atoms with E-state index in [2.05, 4.69) is 10.2 Å². The number of likely N-dealkylation sites (tertiary alicyclic amines) is 1. The monoisotopic (exact) mass is 267 g/mol. The van der Waals surface area contributed by atoms with Crippen LogP contribution in [-0.2, 0) is 0 Å². The van der Waals surface area contributed by atoms with Crippen LogP contribution in [0.4, 0.5) is 0 Å². The van der Waals surface area contributed by atoms with Crippen molar-refractivity contribution in [1.29, 1.82) is 0 Å². The molecule has 0 N–H and O–H groups in total. The van der Waals surface area contributed by atoms with Gasteiger partial charge in [-0.1, -0.05) is 0 Å². The van der Waals surface area contributed by atoms with Gasteiger partial charge in [0.2, 0.25) is 0 Å². The highest BCUT2D eigenvalue weighted by molar-refractivity contribution is 6.17. The molecule has 1 amide bonds. The minimum absolute atomic E-state index is 0.0718. The van der Waals surface area contributed by atoms with Gasteiger partial charge >= 0.3 is 0 Å². The van der Waals surface area contributed by atoms with E-state index in [9.17, 15) is 4.79 Å². The molecule has 0 aromatic carbocycles. The van der Waals surface area contributed by atoms with Crippen molar-refractivity contribution >= 4 is 17.5 Å². The number of alkyl halides is 1. The average molecular weight is 268 g/mol. The van der Waals surface area contributed by atoms with Crippen LogP contribution in [0.3, 0.4) is 0 Å². The van der Waals surface area contributed by atoms with Crippen LogP contribution in [0.5, 0.6) is 0 Å². The molecule has 1 aromatic heterocycles. The van der Waals surface area contributed by atoms with Crippen molar-refractivity contribution in [3.05, 3.63) is 23.0 Å². The third-order valence-corrected chi connectivity index (χ3v) is 3.64. The molecule has 1 aliphatic heterocycles. The number of carbonyl (C=O) groups excluding carboxylic acids is 1. The number of rotatable bonds is 3. The molecule has 1 atom stereocenters. The van der Waals surface area contributed by atoms with E-state index in [1.807, 2.05) is 24.8 Å². The Kier molecular flexibility index (Phi) is 4.17. The van der Waals surface area contributed by atoms with Crippen LogP contribution in [0.1, 0.15) is 34.6 Å². The summed E-state index contributed by atoms with van der Waals surface area (Å²) >= 11 is 5.75. The number of amides is 1. The highest BCUT2D eigenvalue weighted by atomic mass is 35.5. The molecule has 0 saturated carbocycles. The first-order chi connectivity index (χ1) is 8.61. The van der Waals surface area contributed by atoms with Gasteiger partial charge in [0.25, 0.3) is 5.91 Å². The van der Waals surface area contributed by atoms with E-state index < -0.39 is 0 Å². The third-order valence-electron chi connectivity index (χ3n) is 3.42. The van der Waals surface area contributed by atoms with Gasteiger partial charge in [-0.15, -0.1) is 11.6 Å². The van der Waals surface area contributed by atoms with E-state index in [4.69, 9.17) is 11.6 Å². The van der Waals surface area contributed by atoms with Gasteiger partial charge in [-0.05, 0) is 38.7 Å². The van der Waals surface area contributed by atoms with Crippen molar-refractivity contribution in [2.75, 3.05) is 19.0 Å². The lowest BCUT2D eigenvalue weighted by Gasteiger charge is -2.17. The number of hydrogen-bond acceptors (Lipinski definition) is 3. The Labute approximate surface area is 112 Å². The van der Waals surface area contributed by atoms with Crippen molar-refractivity contribution in [2.24, 2.45) is 5.92 Å². The Hall–Kier alpha value is -1.16. The second-order valence-corrected chi connectivity index (χ2v) is 5.25. The summed E-state index contributed by atoms with van der Waals surface area (Å²) in [6.45, 7) is 5.31. The lowest BCUT2D eigenvalue weighted by atomic mass is 10.1. The summed E-state index contributed by atoms with van der Waals surface area (Å²) in [7, 11) is 0. The van der Waals surface area contributed by atoms with E-state index in [1.165, 1.54) is 0 Å². The lowest BCUT2D eigenvalue weighted by Crippen LogP contribution is -2.29. The molecule has 4 nitrogen and oxygen atoms in total. The minimum Gasteiger partial charge on any atom is -0.338 e. The normalized spacial score (nSPS) is 19.3. The van der Waals surface area contributed by atoms with Crippen molar-refractivity contribution < 1.29 is 4.79 Å². The number of aryl methyl sites for hydroxylation is 2. The van der Waals surface area contributed by atoms with Crippen LogP contribution < -0.4 is 0 Å². The van der Waals surface area contributed by atoms with Crippen molar-refractivity contribution in [2.45, 2.75) is 26.7 Å². The Morgan fingerprint density at radius 3 is 3.00 bits per heavy atom. The average Bonchev–Trinajstić information content (AvgIpc) is 2.80. The molecule has 1 saturated heterocycles. The lowest BCUT2D eigenvalue weighted by molar-refractivity contribution is 0.0785. The molecular weight excluding hydrogens is 250 g/mol. The SMILES string of the molecule is Cc1cc(C(=O)N2CCC(CCCl)C2)c(C)nn1. The van der Waals surface area contributed by atoms with Crippen molar-refractivity contribution in [1.82, 2.24) is 15.1 Å². The fourth-order valence-electron chi connectivity index (χ4n) is 2.34. The van der Waals surface area contributed by atoms with Gasteiger partial charge < -0.3 is 4.90 Å². The molecule has 1 aliphatic rings. The maximum atomic E-state index is 12.4. The standard InChI is InChI=1S/C13H18ClN3O/c1-9-7-12(10(2)16-15-9)13(18)17-6-4-11(8-17)3-5-14/h7,11H,3-6,8H2,1-2H3. The molecule has 18 heavy (non-hydrogen) atoms. The van der Waals surface area contributed by atoms with Crippen molar-refractivity contribution in [3.8, 4) is 0 Å². The Morgan fingerprint density at radius 2 is 2.28 bits per heavy atom. The van der Waals surface area contributed by atoms with Crippen LogP contribution in [0, 0.1) is 19.8 Å². The summed E-state index contributed by atoms with van der Waals surface area (Å²) in [5, 5.41) is 7.96. The van der Waals surface area contributed by atoms with Gasteiger partial charge in [-0.2, -0.15) is 10.2 Å². The van der Waals surface area contributed by atoms with E-state index in [1.54, 1.807) is 0 Å². The molecule has 98 valence electrons. The molecule has 5 heteroatoms. The molecule has 1 unspecified atom stereocenters. The summed E-state index contributed by atoms with van der Waals surface area (Å²) in [4.78, 5) is 14.3. The Balaban J connectivity index is 2.10. The van der Waals surface area contributed by atoms with Crippen LogP contribution in [0.25, 0.3) is 0 Å². The zero-order valence-electron chi connectivity index (χ0n) is 10.8. The highest BCUT2D eigenvalue weighted by Crippen LogP contribution is 2.22. The number of halogens is 1. The zero-order valence-corrected chi connectivity index (χ0v) is 11.6. The van der Waals surface area contributed by atoms with Gasteiger partial charge in [0.15, 0.2) is 0 Å². The van der Waals surface area contributed by atoms with E-state index in [0.29, 0.717) is 23.1 Å². The maximum absolute atomic E-state index is 12.4. The van der Waals surface area contributed by atoms with Crippen LogP contribution >= 0.6 is 11.6 Å². The predicted molar refractivity (Wildman–Crippen MR) is 70.9 cm³/mol. The van der Waals surface area contributed by atoms with Crippen LogP contribution in [0.15, 0.2) is 6.07 Å². The molecule has 1 aromatic rings. The zero-order chi connectivity index (χ0) is 13.1. The summed E-state index contributed by atoms with van der Waals surface area (Å²) in [5.41, 5.74) is 2.15. The number of aromatic nitrogens is 2. The number of hydrogen-bond donors (Lipinski definition) is 0. The highest BCUT2D eigenvalue weighted by Gasteiger charge is 2.27. The predicted octanol–water partition coefficient (Wildman–Crippen LogP) is 2.18. The maximum Gasteiger partial charge on any atom is 0.255 e. The number of nitrogens with zero attached hydrogens (tertiary/aromatic N) is 3. The second kappa shape index (κ2) is 5.65. The Bertz CT molecular complexity index is 450. The summed E-state index contributed by atoms with van der Waals surface area (Å²) in [6.07, 6.45) is 2.03. The molecule has 2 heterocycles. The molecule has 2 rings (SSSR count). The first-order valence-electron chi connectivity index (χ1n) is 6.28. The topological polar surface area (TPSA) is 46.1 Å². The van der Waals surface area contributed by atoms with Gasteiger partial charge in [0.05, 0.1) is 17.0 Å². The smallest absolute Gasteiger partial charge is 0.255 e. The van der Waals surface area contributed by atoms with Gasteiger partial charge in [-0.3, -0.25) is 4.79 Å².